The fourth-order valence-corrected chi connectivity index (χ4v) is 2.29. The zero-order valence-electron chi connectivity index (χ0n) is 11.6. The Hall–Kier alpha value is -2.73. The predicted molar refractivity (Wildman–Crippen MR) is 83.9 cm³/mol. The van der Waals surface area contributed by atoms with Crippen LogP contribution in [0.4, 0.5) is 14.6 Å². The third kappa shape index (κ3) is 2.93. The molecule has 0 radical (unpaired) electrons. The first kappa shape index (κ1) is 15.2. The highest BCUT2D eigenvalue weighted by Crippen LogP contribution is 2.34. The molecule has 0 unspecified atom stereocenters. The lowest BCUT2D eigenvalue weighted by Gasteiger charge is -2.10. The molecule has 0 bridgehead atoms. The number of benzene rings is 2. The molecule has 2 aromatic carbocycles. The maximum Gasteiger partial charge on any atom is 0.159 e. The molecule has 0 aliphatic rings. The molecule has 0 fully saturated rings. The molecule has 3 N–H and O–H groups in total. The molecule has 1 heterocycles. The van der Waals surface area contributed by atoms with E-state index < -0.39 is 11.6 Å². The number of aromatic nitrogens is 2. The lowest BCUT2D eigenvalue weighted by molar-refractivity contribution is 0.475. The maximum absolute atomic E-state index is 13.5. The van der Waals surface area contributed by atoms with E-state index in [2.05, 4.69) is 9.97 Å². The number of hydrogen-bond donors (Lipinski definition) is 2. The van der Waals surface area contributed by atoms with Crippen LogP contribution in [-0.2, 0) is 0 Å². The Morgan fingerprint density at radius 3 is 2.35 bits per heavy atom. The first-order chi connectivity index (χ1) is 11.0. The minimum atomic E-state index is -0.999. The minimum Gasteiger partial charge on any atom is -0.506 e. The highest BCUT2D eigenvalue weighted by Gasteiger charge is 2.15. The number of anilines is 1. The Morgan fingerprint density at radius 1 is 0.957 bits per heavy atom. The number of nitrogens with two attached hydrogens (primary N) is 1. The quantitative estimate of drug-likeness (QED) is 0.742. The normalized spacial score (nSPS) is 10.7. The number of hydrogen-bond acceptors (Lipinski definition) is 4. The second-order valence-electron chi connectivity index (χ2n) is 4.79. The van der Waals surface area contributed by atoms with Crippen LogP contribution >= 0.6 is 11.6 Å². The van der Waals surface area contributed by atoms with Gasteiger partial charge in [-0.3, -0.25) is 4.98 Å². The molecule has 116 valence electrons. The van der Waals surface area contributed by atoms with Crippen molar-refractivity contribution >= 4 is 17.4 Å². The molecule has 4 nitrogen and oxygen atoms in total. The molecule has 23 heavy (non-hydrogen) atoms. The Morgan fingerprint density at radius 2 is 1.65 bits per heavy atom. The summed E-state index contributed by atoms with van der Waals surface area (Å²) in [6, 6.07) is 7.90. The van der Waals surface area contributed by atoms with Gasteiger partial charge in [0.1, 0.15) is 11.6 Å². The van der Waals surface area contributed by atoms with E-state index in [1.807, 2.05) is 0 Å². The monoisotopic (exact) mass is 333 g/mol. The smallest absolute Gasteiger partial charge is 0.159 e. The minimum absolute atomic E-state index is 0.0757. The molecule has 0 atom stereocenters. The predicted octanol–water partition coefficient (Wildman–Crippen LogP) is 4.03. The lowest BCUT2D eigenvalue weighted by atomic mass is 10.0. The van der Waals surface area contributed by atoms with E-state index in [0.29, 0.717) is 16.8 Å². The van der Waals surface area contributed by atoms with Crippen molar-refractivity contribution in [2.45, 2.75) is 0 Å². The highest BCUT2D eigenvalue weighted by molar-refractivity contribution is 6.32. The van der Waals surface area contributed by atoms with Crippen molar-refractivity contribution in [3.63, 3.8) is 0 Å². The van der Waals surface area contributed by atoms with Crippen molar-refractivity contribution in [2.24, 2.45) is 0 Å². The van der Waals surface area contributed by atoms with Crippen molar-refractivity contribution in [3.05, 3.63) is 59.3 Å². The van der Waals surface area contributed by atoms with E-state index in [4.69, 9.17) is 17.3 Å². The van der Waals surface area contributed by atoms with Crippen molar-refractivity contribution in [2.75, 3.05) is 5.73 Å². The molecule has 1 aromatic heterocycles. The van der Waals surface area contributed by atoms with Gasteiger partial charge >= 0.3 is 0 Å². The fourth-order valence-electron chi connectivity index (χ4n) is 2.11. The van der Waals surface area contributed by atoms with E-state index in [1.165, 1.54) is 24.4 Å². The molecule has 3 aromatic rings. The van der Waals surface area contributed by atoms with Crippen LogP contribution in [0.3, 0.4) is 0 Å². The van der Waals surface area contributed by atoms with Crippen LogP contribution in [0.1, 0.15) is 0 Å². The molecule has 0 saturated heterocycles. The third-order valence-corrected chi connectivity index (χ3v) is 3.51. The number of phenols is 1. The molecular weight excluding hydrogens is 324 g/mol. The van der Waals surface area contributed by atoms with Crippen molar-refractivity contribution in [1.29, 1.82) is 0 Å². The zero-order valence-corrected chi connectivity index (χ0v) is 12.4. The van der Waals surface area contributed by atoms with Gasteiger partial charge in [0.25, 0.3) is 0 Å². The van der Waals surface area contributed by atoms with Crippen molar-refractivity contribution in [1.82, 2.24) is 9.97 Å². The summed E-state index contributed by atoms with van der Waals surface area (Å²) < 4.78 is 26.6. The molecule has 0 aliphatic heterocycles. The van der Waals surface area contributed by atoms with Gasteiger partial charge in [-0.05, 0) is 36.4 Å². The van der Waals surface area contributed by atoms with E-state index in [1.54, 1.807) is 6.07 Å². The summed E-state index contributed by atoms with van der Waals surface area (Å²) >= 11 is 5.91. The first-order valence-electron chi connectivity index (χ1n) is 6.52. The van der Waals surface area contributed by atoms with Crippen LogP contribution in [-0.4, -0.2) is 15.1 Å². The second-order valence-corrected chi connectivity index (χ2v) is 5.19. The Kier molecular flexibility index (Phi) is 3.83. The summed E-state index contributed by atoms with van der Waals surface area (Å²) in [5.41, 5.74) is 7.20. The highest BCUT2D eigenvalue weighted by atomic mass is 35.5. The summed E-state index contributed by atoms with van der Waals surface area (Å²) in [6.45, 7) is 0. The summed E-state index contributed by atoms with van der Waals surface area (Å²) in [5.74, 6) is -1.90. The van der Waals surface area contributed by atoms with Gasteiger partial charge in [-0.2, -0.15) is 0 Å². The summed E-state index contributed by atoms with van der Waals surface area (Å²) in [5, 5.41) is 9.65. The van der Waals surface area contributed by atoms with Gasteiger partial charge in [0.15, 0.2) is 11.6 Å². The molecule has 0 amide bonds. The number of aromatic hydroxyl groups is 1. The molecule has 3 rings (SSSR count). The number of nitrogens with zero attached hydrogens (tertiary/aromatic N) is 2. The van der Waals surface area contributed by atoms with E-state index >= 15 is 0 Å². The van der Waals surface area contributed by atoms with Gasteiger partial charge in [-0.25, -0.2) is 13.8 Å². The van der Waals surface area contributed by atoms with Crippen LogP contribution in [0.15, 0.2) is 42.6 Å². The first-order valence-corrected chi connectivity index (χ1v) is 6.90. The fraction of sp³-hybridized carbons (Fsp3) is 0. The van der Waals surface area contributed by atoms with E-state index in [0.717, 1.165) is 12.1 Å². The van der Waals surface area contributed by atoms with Gasteiger partial charge in [0.05, 0.1) is 22.6 Å². The average molecular weight is 334 g/mol. The Balaban J connectivity index is 2.21. The van der Waals surface area contributed by atoms with Crippen LogP contribution in [0, 0.1) is 11.6 Å². The van der Waals surface area contributed by atoms with E-state index in [9.17, 15) is 13.9 Å². The zero-order chi connectivity index (χ0) is 16.6. The number of halogens is 3. The molecule has 0 spiro atoms. The van der Waals surface area contributed by atoms with Gasteiger partial charge in [-0.15, -0.1) is 0 Å². The van der Waals surface area contributed by atoms with Gasteiger partial charge in [-0.1, -0.05) is 11.6 Å². The van der Waals surface area contributed by atoms with E-state index in [-0.39, 0.29) is 22.3 Å². The maximum atomic E-state index is 13.5. The SMILES string of the molecule is Nc1cnc(-c2ccc(O)c(Cl)c2)c(-c2ccc(F)c(F)c2)n1. The largest absolute Gasteiger partial charge is 0.506 e. The molecule has 0 aliphatic carbocycles. The standard InChI is InChI=1S/C16H10ClF2N3O/c17-10-5-8(2-4-13(10)23)15-16(22-14(20)7-21-15)9-1-3-11(18)12(19)6-9/h1-7,23H,(H2,20,22). The van der Waals surface area contributed by atoms with Crippen LogP contribution in [0.5, 0.6) is 5.75 Å². The third-order valence-electron chi connectivity index (χ3n) is 3.21. The summed E-state index contributed by atoms with van der Waals surface area (Å²) in [4.78, 5) is 8.37. The molecule has 0 saturated carbocycles. The van der Waals surface area contributed by atoms with Crippen LogP contribution in [0.2, 0.25) is 5.02 Å². The number of rotatable bonds is 2. The Bertz CT molecular complexity index is 902. The molecule has 7 heteroatoms. The number of nitrogen functional groups attached to an aromatic ring is 1. The van der Waals surface area contributed by atoms with Crippen LogP contribution in [0.25, 0.3) is 22.5 Å². The average Bonchev–Trinajstić information content (AvgIpc) is 2.53. The summed E-state index contributed by atoms with van der Waals surface area (Å²) in [6.07, 6.45) is 1.35. The van der Waals surface area contributed by atoms with Crippen molar-refractivity contribution in [3.8, 4) is 28.3 Å². The van der Waals surface area contributed by atoms with Crippen molar-refractivity contribution < 1.29 is 13.9 Å². The molecular formula is C16H10ClF2N3O. The van der Waals surface area contributed by atoms with Gasteiger partial charge < -0.3 is 10.8 Å². The summed E-state index contributed by atoms with van der Waals surface area (Å²) in [7, 11) is 0. The lowest BCUT2D eigenvalue weighted by Crippen LogP contribution is -1.99. The number of phenolic OH excluding ortho intramolecular Hbond substituents is 1. The van der Waals surface area contributed by atoms with Crippen LogP contribution < -0.4 is 5.73 Å². The topological polar surface area (TPSA) is 72.0 Å². The Labute approximate surface area is 135 Å². The van der Waals surface area contributed by atoms with Gasteiger partial charge in [0.2, 0.25) is 0 Å². The second kappa shape index (κ2) is 5.81. The van der Waals surface area contributed by atoms with Gasteiger partial charge in [0, 0.05) is 11.1 Å².